The summed E-state index contributed by atoms with van der Waals surface area (Å²) in [6.45, 7) is 11.2. The van der Waals surface area contributed by atoms with Crippen LogP contribution in [-0.2, 0) is 0 Å². The second-order valence-corrected chi connectivity index (χ2v) is 11.6. The van der Waals surface area contributed by atoms with E-state index in [0.29, 0.717) is 40.4 Å². The standard InChI is InChI=1S/C31H40N8O3/c1-21-20-22(42-19-18-38-11-5-10-36(2)12-15-38)8-9-23(21)28-27-29(34-33-28)24-6-4-7-25(26(24)30(27)40)32-31(41)35-39-16-13-37(3)14-17-39/h4,6-9,20H,5,10-19H2,1-3H3,(H,33,34)(H2,32,35,41). The third kappa shape index (κ3) is 5.91. The number of fused-ring (bicyclic) bond motifs is 3. The number of carbonyl (C=O) groups is 2. The number of nitrogens with one attached hydrogen (secondary N) is 3. The highest BCUT2D eigenvalue weighted by atomic mass is 16.5. The SMILES string of the molecule is Cc1cc(OCCN2CCCN(C)CC2)ccc1-c1[nH]nc2c1C(=O)c1c(NC(=O)NN3CCN(C)CC3)cccc1-2. The van der Waals surface area contributed by atoms with E-state index in [4.69, 9.17) is 4.74 Å². The summed E-state index contributed by atoms with van der Waals surface area (Å²) in [5, 5.41) is 12.4. The molecule has 3 heterocycles. The first-order chi connectivity index (χ1) is 20.4. The fraction of sp³-hybridized carbons (Fsp3) is 0.452. The summed E-state index contributed by atoms with van der Waals surface area (Å²) in [7, 11) is 4.24. The minimum absolute atomic E-state index is 0.151. The van der Waals surface area contributed by atoms with Crippen molar-refractivity contribution in [1.29, 1.82) is 0 Å². The molecule has 6 rings (SSSR count). The van der Waals surface area contributed by atoms with Crippen molar-refractivity contribution in [2.45, 2.75) is 13.3 Å². The van der Waals surface area contributed by atoms with Gasteiger partial charge in [0.25, 0.3) is 0 Å². The number of likely N-dealkylation sites (N-methyl/N-ethyl adjacent to an activating group) is 2. The molecule has 0 saturated carbocycles. The first-order valence-corrected chi connectivity index (χ1v) is 14.8. The molecule has 2 amide bonds. The number of aryl methyl sites for hydroxylation is 1. The Labute approximate surface area is 246 Å². The lowest BCUT2D eigenvalue weighted by Gasteiger charge is -2.32. The quantitative estimate of drug-likeness (QED) is 0.310. The number of carbonyl (C=O) groups excluding carboxylic acids is 2. The number of piperazine rings is 1. The molecule has 42 heavy (non-hydrogen) atoms. The molecule has 2 fully saturated rings. The summed E-state index contributed by atoms with van der Waals surface area (Å²) < 4.78 is 6.11. The molecule has 3 aromatic rings. The molecule has 0 atom stereocenters. The monoisotopic (exact) mass is 572 g/mol. The summed E-state index contributed by atoms with van der Waals surface area (Å²) in [6.07, 6.45) is 1.18. The smallest absolute Gasteiger partial charge is 0.333 e. The average molecular weight is 573 g/mol. The number of ether oxygens (including phenoxy) is 1. The van der Waals surface area contributed by atoms with Gasteiger partial charge in [0.1, 0.15) is 18.1 Å². The molecule has 0 bridgehead atoms. The number of aromatic amines is 1. The number of hydrogen-bond acceptors (Lipinski definition) is 8. The lowest BCUT2D eigenvalue weighted by Crippen LogP contribution is -2.53. The van der Waals surface area contributed by atoms with Crippen LogP contribution in [0.4, 0.5) is 10.5 Å². The van der Waals surface area contributed by atoms with E-state index in [0.717, 1.165) is 75.8 Å². The maximum atomic E-state index is 13.8. The van der Waals surface area contributed by atoms with Crippen LogP contribution in [0.25, 0.3) is 22.5 Å². The van der Waals surface area contributed by atoms with Gasteiger partial charge < -0.3 is 19.9 Å². The molecule has 0 radical (unpaired) electrons. The third-order valence-corrected chi connectivity index (χ3v) is 8.51. The first kappa shape index (κ1) is 28.4. The zero-order valence-electron chi connectivity index (χ0n) is 24.7. The number of hydrazine groups is 1. The third-order valence-electron chi connectivity index (χ3n) is 8.51. The van der Waals surface area contributed by atoms with Gasteiger partial charge in [-0.1, -0.05) is 12.1 Å². The van der Waals surface area contributed by atoms with Gasteiger partial charge in [0, 0.05) is 56.9 Å². The number of benzene rings is 2. The van der Waals surface area contributed by atoms with Gasteiger partial charge in [-0.3, -0.25) is 20.2 Å². The fourth-order valence-corrected chi connectivity index (χ4v) is 6.01. The fourth-order valence-electron chi connectivity index (χ4n) is 6.01. The minimum Gasteiger partial charge on any atom is -0.492 e. The topological polar surface area (TPSA) is 109 Å². The van der Waals surface area contributed by atoms with Crippen LogP contribution in [-0.4, -0.2) is 121 Å². The Hall–Kier alpha value is -3.77. The van der Waals surface area contributed by atoms with Gasteiger partial charge in [0.2, 0.25) is 0 Å². The highest BCUT2D eigenvalue weighted by Gasteiger charge is 2.35. The van der Waals surface area contributed by atoms with E-state index in [-0.39, 0.29) is 11.8 Å². The predicted octanol–water partition coefficient (Wildman–Crippen LogP) is 2.90. The lowest BCUT2D eigenvalue weighted by atomic mass is 10.00. The van der Waals surface area contributed by atoms with E-state index >= 15 is 0 Å². The summed E-state index contributed by atoms with van der Waals surface area (Å²) >= 11 is 0. The summed E-state index contributed by atoms with van der Waals surface area (Å²) in [5.41, 5.74) is 8.27. The van der Waals surface area contributed by atoms with Crippen molar-refractivity contribution in [3.8, 4) is 28.3 Å². The highest BCUT2D eigenvalue weighted by molar-refractivity contribution is 6.27. The number of anilines is 1. The molecule has 222 valence electrons. The van der Waals surface area contributed by atoms with Gasteiger partial charge in [-0.15, -0.1) is 0 Å². The Kier molecular flexibility index (Phi) is 8.25. The van der Waals surface area contributed by atoms with Crippen molar-refractivity contribution >= 4 is 17.5 Å². The van der Waals surface area contributed by atoms with Crippen LogP contribution >= 0.6 is 0 Å². The zero-order valence-corrected chi connectivity index (χ0v) is 24.7. The molecule has 11 nitrogen and oxygen atoms in total. The maximum Gasteiger partial charge on any atom is 0.333 e. The number of urea groups is 1. The molecule has 1 aliphatic carbocycles. The summed E-state index contributed by atoms with van der Waals surface area (Å²) in [4.78, 5) is 33.7. The Morgan fingerprint density at radius 2 is 1.74 bits per heavy atom. The Morgan fingerprint density at radius 1 is 0.952 bits per heavy atom. The van der Waals surface area contributed by atoms with Crippen molar-refractivity contribution in [1.82, 2.24) is 35.3 Å². The molecule has 11 heteroatoms. The number of hydrogen-bond donors (Lipinski definition) is 3. The number of amides is 2. The molecule has 2 aromatic carbocycles. The first-order valence-electron chi connectivity index (χ1n) is 14.8. The van der Waals surface area contributed by atoms with Crippen molar-refractivity contribution in [3.63, 3.8) is 0 Å². The Balaban J connectivity index is 1.13. The Morgan fingerprint density at radius 3 is 2.55 bits per heavy atom. The number of ketones is 1. The normalized spacial score (nSPS) is 18.4. The van der Waals surface area contributed by atoms with Crippen LogP contribution in [0.2, 0.25) is 0 Å². The van der Waals surface area contributed by atoms with E-state index in [1.165, 1.54) is 6.42 Å². The van der Waals surface area contributed by atoms with Crippen LogP contribution in [0, 0.1) is 6.92 Å². The van der Waals surface area contributed by atoms with Crippen LogP contribution in [0.1, 0.15) is 27.9 Å². The Bertz CT molecular complexity index is 1460. The van der Waals surface area contributed by atoms with Crippen molar-refractivity contribution in [2.75, 3.05) is 84.9 Å². The van der Waals surface area contributed by atoms with Gasteiger partial charge in [-0.2, -0.15) is 5.10 Å². The zero-order chi connectivity index (χ0) is 29.2. The predicted molar refractivity (Wildman–Crippen MR) is 163 cm³/mol. The minimum atomic E-state index is -0.360. The lowest BCUT2D eigenvalue weighted by molar-refractivity contribution is 0.104. The second-order valence-electron chi connectivity index (χ2n) is 11.6. The molecule has 3 N–H and O–H groups in total. The molecule has 0 unspecified atom stereocenters. The van der Waals surface area contributed by atoms with Gasteiger partial charge in [-0.25, -0.2) is 9.80 Å². The number of H-pyrrole nitrogens is 1. The van der Waals surface area contributed by atoms with Crippen LogP contribution in [0.15, 0.2) is 36.4 Å². The van der Waals surface area contributed by atoms with Gasteiger partial charge in [-0.05, 0) is 70.4 Å². The number of rotatable bonds is 7. The molecule has 2 saturated heterocycles. The van der Waals surface area contributed by atoms with Crippen molar-refractivity contribution < 1.29 is 14.3 Å². The van der Waals surface area contributed by atoms with E-state index < -0.39 is 0 Å². The van der Waals surface area contributed by atoms with Crippen molar-refractivity contribution in [2.24, 2.45) is 0 Å². The van der Waals surface area contributed by atoms with Crippen molar-refractivity contribution in [3.05, 3.63) is 53.1 Å². The molecule has 3 aliphatic rings. The van der Waals surface area contributed by atoms with Crippen LogP contribution in [0.3, 0.4) is 0 Å². The second kappa shape index (κ2) is 12.2. The largest absolute Gasteiger partial charge is 0.492 e. The molecule has 2 aliphatic heterocycles. The highest BCUT2D eigenvalue weighted by Crippen LogP contribution is 2.43. The van der Waals surface area contributed by atoms with E-state index in [1.54, 1.807) is 6.07 Å². The van der Waals surface area contributed by atoms with E-state index in [1.807, 2.05) is 42.3 Å². The maximum absolute atomic E-state index is 13.8. The van der Waals surface area contributed by atoms with E-state index in [2.05, 4.69) is 49.7 Å². The van der Waals surface area contributed by atoms with Gasteiger partial charge in [0.15, 0.2) is 5.78 Å². The molecule has 1 aromatic heterocycles. The van der Waals surface area contributed by atoms with Gasteiger partial charge >= 0.3 is 6.03 Å². The van der Waals surface area contributed by atoms with Crippen LogP contribution in [0.5, 0.6) is 5.75 Å². The molecule has 0 spiro atoms. The number of aromatic nitrogens is 2. The van der Waals surface area contributed by atoms with E-state index in [9.17, 15) is 9.59 Å². The average Bonchev–Trinajstić information content (AvgIpc) is 3.45. The van der Waals surface area contributed by atoms with Crippen LogP contribution < -0.4 is 15.5 Å². The number of nitrogens with zero attached hydrogens (tertiary/aromatic N) is 5. The molecular formula is C31H40N8O3. The summed E-state index contributed by atoms with van der Waals surface area (Å²) in [6, 6.07) is 11.1. The molecular weight excluding hydrogens is 532 g/mol. The van der Waals surface area contributed by atoms with Gasteiger partial charge in [0.05, 0.1) is 22.5 Å². The summed E-state index contributed by atoms with van der Waals surface area (Å²) in [5.74, 6) is 0.661.